The van der Waals surface area contributed by atoms with E-state index in [1.54, 1.807) is 6.07 Å². The van der Waals surface area contributed by atoms with Crippen molar-refractivity contribution in [3.63, 3.8) is 0 Å². The van der Waals surface area contributed by atoms with Gasteiger partial charge < -0.3 is 15.1 Å². The standard InChI is InChI=1S/C29H22Cl2N2O3/c1-15-6-8-16(9-7-15)17-10-24-26(25(34)11-17)27(33-23-5-3-2-4-22(23)32-24)20-14-36-29-19(28(20)35)12-18(30)13-21(29)31/h2-9,12-14,17,27,32-33H,10-11H2,1H3/t17-,27+/m0/s1. The van der Waals surface area contributed by atoms with Crippen molar-refractivity contribution in [1.82, 2.24) is 0 Å². The van der Waals surface area contributed by atoms with Gasteiger partial charge in [-0.3, -0.25) is 9.59 Å². The van der Waals surface area contributed by atoms with Crippen molar-refractivity contribution < 1.29 is 9.21 Å². The first-order valence-electron chi connectivity index (χ1n) is 11.7. The summed E-state index contributed by atoms with van der Waals surface area (Å²) in [4.78, 5) is 27.4. The molecule has 1 aliphatic carbocycles. The number of hydrogen-bond donors (Lipinski definition) is 2. The molecule has 0 saturated carbocycles. The van der Waals surface area contributed by atoms with Gasteiger partial charge in [-0.25, -0.2) is 0 Å². The predicted octanol–water partition coefficient (Wildman–Crippen LogP) is 7.39. The summed E-state index contributed by atoms with van der Waals surface area (Å²) in [6.45, 7) is 2.05. The first-order chi connectivity index (χ1) is 17.4. The molecule has 0 bridgehead atoms. The number of allylic oxidation sites excluding steroid dienone is 1. The lowest BCUT2D eigenvalue weighted by atomic mass is 9.78. The molecule has 0 saturated heterocycles. The largest absolute Gasteiger partial charge is 0.462 e. The zero-order valence-corrected chi connectivity index (χ0v) is 20.9. The van der Waals surface area contributed by atoms with Crippen LogP contribution in [0, 0.1) is 6.92 Å². The molecule has 3 aromatic carbocycles. The number of rotatable bonds is 2. The average Bonchev–Trinajstić information content (AvgIpc) is 3.02. The molecule has 0 radical (unpaired) electrons. The third-order valence-electron chi connectivity index (χ3n) is 6.99. The van der Waals surface area contributed by atoms with Crippen LogP contribution in [-0.2, 0) is 4.79 Å². The Balaban J connectivity index is 1.52. The van der Waals surface area contributed by atoms with E-state index >= 15 is 0 Å². The Hall–Kier alpha value is -3.54. The van der Waals surface area contributed by atoms with Crippen LogP contribution < -0.4 is 16.1 Å². The van der Waals surface area contributed by atoms with Gasteiger partial charge in [0.05, 0.1) is 33.4 Å². The quantitative estimate of drug-likeness (QED) is 0.290. The molecule has 2 heterocycles. The van der Waals surface area contributed by atoms with E-state index < -0.39 is 6.04 Å². The molecule has 1 aromatic heterocycles. The number of fused-ring (bicyclic) bond motifs is 2. The fraction of sp³-hybridized carbons (Fsp3) is 0.172. The van der Waals surface area contributed by atoms with Gasteiger partial charge in [0.2, 0.25) is 0 Å². The van der Waals surface area contributed by atoms with Crippen molar-refractivity contribution in [2.24, 2.45) is 0 Å². The zero-order valence-electron chi connectivity index (χ0n) is 19.4. The Bertz CT molecular complexity index is 1620. The van der Waals surface area contributed by atoms with Crippen molar-refractivity contribution in [2.75, 3.05) is 10.6 Å². The number of nitrogens with one attached hydrogen (secondary N) is 2. The first-order valence-corrected chi connectivity index (χ1v) is 12.5. The van der Waals surface area contributed by atoms with E-state index in [-0.39, 0.29) is 33.1 Å². The van der Waals surface area contributed by atoms with Crippen molar-refractivity contribution in [3.05, 3.63) is 115 Å². The number of hydrogen-bond acceptors (Lipinski definition) is 5. The van der Waals surface area contributed by atoms with E-state index in [0.29, 0.717) is 29.0 Å². The van der Waals surface area contributed by atoms with Gasteiger partial charge in [0, 0.05) is 22.7 Å². The Morgan fingerprint density at radius 1 is 0.944 bits per heavy atom. The molecule has 0 amide bonds. The normalized spacial score (nSPS) is 19.2. The van der Waals surface area contributed by atoms with E-state index in [1.165, 1.54) is 17.9 Å². The molecule has 2 N–H and O–H groups in total. The van der Waals surface area contributed by atoms with E-state index in [0.717, 1.165) is 22.6 Å². The second-order valence-corrected chi connectivity index (χ2v) is 10.2. The number of para-hydroxylation sites is 2. The third kappa shape index (κ3) is 3.89. The second-order valence-electron chi connectivity index (χ2n) is 9.36. The van der Waals surface area contributed by atoms with Crippen LogP contribution in [0.5, 0.6) is 0 Å². The topological polar surface area (TPSA) is 71.3 Å². The number of benzene rings is 3. The minimum atomic E-state index is -0.693. The molecule has 0 fully saturated rings. The van der Waals surface area contributed by atoms with Crippen LogP contribution in [0.2, 0.25) is 10.0 Å². The van der Waals surface area contributed by atoms with Gasteiger partial charge >= 0.3 is 0 Å². The molecule has 180 valence electrons. The number of halogens is 2. The summed E-state index contributed by atoms with van der Waals surface area (Å²) in [7, 11) is 0. The highest BCUT2D eigenvalue weighted by Crippen LogP contribution is 2.44. The molecule has 2 atom stereocenters. The fourth-order valence-electron chi connectivity index (χ4n) is 5.18. The Labute approximate surface area is 217 Å². The van der Waals surface area contributed by atoms with Gasteiger partial charge in [-0.2, -0.15) is 0 Å². The monoisotopic (exact) mass is 516 g/mol. The van der Waals surface area contributed by atoms with Crippen molar-refractivity contribution >= 4 is 51.3 Å². The maximum Gasteiger partial charge on any atom is 0.198 e. The predicted molar refractivity (Wildman–Crippen MR) is 144 cm³/mol. The van der Waals surface area contributed by atoms with Crippen LogP contribution in [0.3, 0.4) is 0 Å². The highest BCUT2D eigenvalue weighted by molar-refractivity contribution is 6.38. The zero-order chi connectivity index (χ0) is 25.0. The van der Waals surface area contributed by atoms with Crippen LogP contribution in [-0.4, -0.2) is 5.78 Å². The molecule has 7 heteroatoms. The molecular weight excluding hydrogens is 495 g/mol. The van der Waals surface area contributed by atoms with Crippen molar-refractivity contribution in [3.8, 4) is 0 Å². The molecule has 6 rings (SSSR count). The number of aryl methyl sites for hydroxylation is 1. The highest BCUT2D eigenvalue weighted by Gasteiger charge is 2.37. The summed E-state index contributed by atoms with van der Waals surface area (Å²) in [6, 6.07) is 18.4. The maximum atomic E-state index is 13.7. The molecule has 4 aromatic rings. The molecule has 1 aliphatic heterocycles. The van der Waals surface area contributed by atoms with E-state index in [9.17, 15) is 9.59 Å². The Morgan fingerprint density at radius 2 is 1.69 bits per heavy atom. The first kappa shape index (κ1) is 22.9. The SMILES string of the molecule is Cc1ccc([C@@H]2CC(=O)C3=C(C2)Nc2ccccc2N[C@@H]3c2coc3c(Cl)cc(Cl)cc3c2=O)cc1. The lowest BCUT2D eigenvalue weighted by molar-refractivity contribution is -0.116. The van der Waals surface area contributed by atoms with Crippen LogP contribution in [0.15, 0.2) is 87.4 Å². The summed E-state index contributed by atoms with van der Waals surface area (Å²) in [5.74, 6) is 0.0316. The number of anilines is 2. The summed E-state index contributed by atoms with van der Waals surface area (Å²) in [5, 5.41) is 7.81. The van der Waals surface area contributed by atoms with Crippen LogP contribution in [0.1, 0.15) is 41.5 Å². The van der Waals surface area contributed by atoms with Gasteiger partial charge in [-0.1, -0.05) is 65.2 Å². The van der Waals surface area contributed by atoms with Gasteiger partial charge in [0.1, 0.15) is 6.26 Å². The minimum absolute atomic E-state index is 0.0109. The van der Waals surface area contributed by atoms with Crippen LogP contribution in [0.4, 0.5) is 11.4 Å². The van der Waals surface area contributed by atoms with Gasteiger partial charge in [0.15, 0.2) is 16.8 Å². The van der Waals surface area contributed by atoms with Crippen LogP contribution >= 0.6 is 23.2 Å². The third-order valence-corrected chi connectivity index (χ3v) is 7.49. The van der Waals surface area contributed by atoms with Gasteiger partial charge in [-0.15, -0.1) is 0 Å². The van der Waals surface area contributed by atoms with Gasteiger partial charge in [0.25, 0.3) is 0 Å². The van der Waals surface area contributed by atoms with Crippen LogP contribution in [0.25, 0.3) is 11.0 Å². The number of Topliss-reactive ketones (excluding diaryl/α,β-unsaturated/α-hetero) is 1. The fourth-order valence-corrected chi connectivity index (χ4v) is 5.72. The molecule has 5 nitrogen and oxygen atoms in total. The number of carbonyl (C=O) groups excluding carboxylic acids is 1. The average molecular weight is 517 g/mol. The minimum Gasteiger partial charge on any atom is -0.462 e. The number of carbonyl (C=O) groups is 1. The molecule has 2 aliphatic rings. The molecule has 0 unspecified atom stereocenters. The summed E-state index contributed by atoms with van der Waals surface area (Å²) in [6.07, 6.45) is 2.40. The van der Waals surface area contributed by atoms with Crippen molar-refractivity contribution in [2.45, 2.75) is 31.7 Å². The summed E-state index contributed by atoms with van der Waals surface area (Å²) in [5.41, 5.74) is 5.62. The molecule has 0 spiro atoms. The lowest BCUT2D eigenvalue weighted by Gasteiger charge is -2.29. The smallest absolute Gasteiger partial charge is 0.198 e. The molecule has 36 heavy (non-hydrogen) atoms. The molecular formula is C29H22Cl2N2O3. The highest BCUT2D eigenvalue weighted by atomic mass is 35.5. The van der Waals surface area contributed by atoms with E-state index in [4.69, 9.17) is 27.6 Å². The Morgan fingerprint density at radius 3 is 2.47 bits per heavy atom. The van der Waals surface area contributed by atoms with E-state index in [1.807, 2.05) is 31.2 Å². The summed E-state index contributed by atoms with van der Waals surface area (Å²) < 4.78 is 5.82. The second kappa shape index (κ2) is 8.84. The summed E-state index contributed by atoms with van der Waals surface area (Å²) >= 11 is 12.5. The van der Waals surface area contributed by atoms with Crippen molar-refractivity contribution in [1.29, 1.82) is 0 Å². The Kier molecular flexibility index (Phi) is 5.62. The van der Waals surface area contributed by atoms with E-state index in [2.05, 4.69) is 34.9 Å². The lowest BCUT2D eigenvalue weighted by Crippen LogP contribution is -2.29. The number of ketones is 1. The maximum absolute atomic E-state index is 13.7. The van der Waals surface area contributed by atoms with Gasteiger partial charge in [-0.05, 0) is 49.1 Å².